The zero-order valence-electron chi connectivity index (χ0n) is 10.0. The average Bonchev–Trinajstić information content (AvgIpc) is 2.70. The molecule has 0 spiro atoms. The normalized spacial score (nSPS) is 29.1. The molecule has 0 bridgehead atoms. The van der Waals surface area contributed by atoms with Gasteiger partial charge in [-0.3, -0.25) is 9.69 Å². The van der Waals surface area contributed by atoms with Gasteiger partial charge in [0.05, 0.1) is 5.69 Å². The second kappa shape index (κ2) is 3.43. The van der Waals surface area contributed by atoms with E-state index in [1.54, 1.807) is 22.9 Å². The van der Waals surface area contributed by atoms with Gasteiger partial charge in [0, 0.05) is 19.5 Å². The van der Waals surface area contributed by atoms with Crippen LogP contribution in [0.5, 0.6) is 0 Å². The van der Waals surface area contributed by atoms with Crippen LogP contribution in [-0.4, -0.2) is 34.2 Å². The Balaban J connectivity index is 2.24. The number of likely N-dealkylation sites (N-methyl/N-ethyl adjacent to an activating group) is 1. The number of benzene rings is 1. The first-order valence-electron chi connectivity index (χ1n) is 5.63. The van der Waals surface area contributed by atoms with Crippen molar-refractivity contribution in [2.75, 3.05) is 11.9 Å². The summed E-state index contributed by atoms with van der Waals surface area (Å²) in [4.78, 5) is 15.1. The Kier molecular flexibility index (Phi) is 2.18. The lowest BCUT2D eigenvalue weighted by Crippen LogP contribution is -2.52. The van der Waals surface area contributed by atoms with E-state index < -0.39 is 11.9 Å². The minimum absolute atomic E-state index is 0.123. The molecule has 1 saturated heterocycles. The fraction of sp³-hybridized carbons (Fsp3) is 0.333. The quantitative estimate of drug-likeness (QED) is 0.661. The molecule has 1 fully saturated rings. The molecular weight excluding hydrogens is 250 g/mol. The minimum atomic E-state index is -1.33. The van der Waals surface area contributed by atoms with Crippen molar-refractivity contribution in [3.8, 4) is 0 Å². The van der Waals surface area contributed by atoms with E-state index in [2.05, 4.69) is 5.32 Å². The molecule has 5 nitrogen and oxygen atoms in total. The van der Waals surface area contributed by atoms with Crippen LogP contribution in [0.4, 0.5) is 5.69 Å². The fourth-order valence-corrected chi connectivity index (χ4v) is 3.01. The molecule has 2 atom stereocenters. The number of hydrogen-bond acceptors (Lipinski definition) is 3. The highest BCUT2D eigenvalue weighted by Gasteiger charge is 2.58. The first kappa shape index (κ1) is 11.4. The molecule has 1 aromatic rings. The molecule has 0 saturated carbocycles. The highest BCUT2D eigenvalue weighted by atomic mass is 32.1. The van der Waals surface area contributed by atoms with Gasteiger partial charge in [-0.15, -0.1) is 0 Å². The molecule has 3 rings (SSSR count). The van der Waals surface area contributed by atoms with Crippen LogP contribution in [0.3, 0.4) is 0 Å². The van der Waals surface area contributed by atoms with E-state index in [-0.39, 0.29) is 5.91 Å². The highest BCUT2D eigenvalue weighted by Crippen LogP contribution is 2.45. The van der Waals surface area contributed by atoms with Crippen LogP contribution in [0.1, 0.15) is 12.5 Å². The van der Waals surface area contributed by atoms with Crippen LogP contribution >= 0.6 is 12.2 Å². The number of fused-ring (bicyclic) bond motifs is 3. The Morgan fingerprint density at radius 3 is 2.83 bits per heavy atom. The van der Waals surface area contributed by atoms with E-state index in [1.165, 1.54) is 6.92 Å². The summed E-state index contributed by atoms with van der Waals surface area (Å²) in [6, 6.07) is 7.31. The Morgan fingerprint density at radius 1 is 1.50 bits per heavy atom. The van der Waals surface area contributed by atoms with Gasteiger partial charge in [0.25, 0.3) is 0 Å². The number of carbonyl (C=O) groups is 1. The number of amides is 1. The first-order chi connectivity index (χ1) is 8.47. The molecule has 2 aliphatic heterocycles. The van der Waals surface area contributed by atoms with Crippen molar-refractivity contribution >= 4 is 28.9 Å². The minimum Gasteiger partial charge on any atom is -0.364 e. The summed E-state index contributed by atoms with van der Waals surface area (Å²) in [5, 5.41) is 14.1. The van der Waals surface area contributed by atoms with Crippen LogP contribution < -0.4 is 10.2 Å². The van der Waals surface area contributed by atoms with E-state index in [1.807, 2.05) is 18.2 Å². The van der Waals surface area contributed by atoms with Gasteiger partial charge < -0.3 is 15.3 Å². The lowest BCUT2D eigenvalue weighted by Gasteiger charge is -2.30. The molecule has 0 radical (unpaired) electrons. The van der Waals surface area contributed by atoms with Crippen molar-refractivity contribution in [3.05, 3.63) is 29.8 Å². The number of para-hydroxylation sites is 1. The van der Waals surface area contributed by atoms with Crippen LogP contribution in [0.15, 0.2) is 24.3 Å². The summed E-state index contributed by atoms with van der Waals surface area (Å²) in [7, 11) is 1.76. The monoisotopic (exact) mass is 263 g/mol. The average molecular weight is 263 g/mol. The number of anilines is 1. The molecule has 0 aromatic heterocycles. The summed E-state index contributed by atoms with van der Waals surface area (Å²) in [6.07, 6.45) is -0.528. The van der Waals surface area contributed by atoms with Crippen molar-refractivity contribution in [3.63, 3.8) is 0 Å². The van der Waals surface area contributed by atoms with Gasteiger partial charge >= 0.3 is 0 Å². The second-order valence-electron chi connectivity index (χ2n) is 4.59. The number of nitrogens with one attached hydrogen (secondary N) is 1. The van der Waals surface area contributed by atoms with Gasteiger partial charge in [-0.25, -0.2) is 0 Å². The van der Waals surface area contributed by atoms with E-state index >= 15 is 0 Å². The summed E-state index contributed by atoms with van der Waals surface area (Å²) >= 11 is 5.15. The Hall–Kier alpha value is -1.66. The molecule has 18 heavy (non-hydrogen) atoms. The zero-order chi connectivity index (χ0) is 13.1. The summed E-state index contributed by atoms with van der Waals surface area (Å²) in [5.74, 6) is -0.123. The van der Waals surface area contributed by atoms with Crippen LogP contribution in [-0.2, 0) is 10.5 Å². The number of aliphatic hydroxyl groups is 1. The molecule has 1 aromatic carbocycles. The predicted octanol–water partition coefficient (Wildman–Crippen LogP) is 0.344. The number of thiocarbonyl (C=S) groups is 1. The SMILES string of the molecule is CC(=O)N1c2ccccc2C2(O)NC(=S)N(C)C12. The molecule has 6 heteroatoms. The fourth-order valence-electron chi connectivity index (χ4n) is 2.75. The molecule has 1 amide bonds. The highest BCUT2D eigenvalue weighted by molar-refractivity contribution is 7.80. The number of nitrogens with zero attached hydrogens (tertiary/aromatic N) is 2. The van der Waals surface area contributed by atoms with Gasteiger partial charge in [0.1, 0.15) is 0 Å². The molecule has 2 aliphatic rings. The van der Waals surface area contributed by atoms with E-state index in [9.17, 15) is 9.90 Å². The van der Waals surface area contributed by atoms with Crippen molar-refractivity contribution in [2.24, 2.45) is 0 Å². The summed E-state index contributed by atoms with van der Waals surface area (Å²) in [6.45, 7) is 1.48. The lowest BCUT2D eigenvalue weighted by atomic mass is 10.0. The largest absolute Gasteiger partial charge is 0.364 e. The summed E-state index contributed by atoms with van der Waals surface area (Å²) < 4.78 is 0. The van der Waals surface area contributed by atoms with E-state index in [0.29, 0.717) is 10.7 Å². The second-order valence-corrected chi connectivity index (χ2v) is 4.97. The maximum Gasteiger partial charge on any atom is 0.225 e. The third-order valence-electron chi connectivity index (χ3n) is 3.52. The lowest BCUT2D eigenvalue weighted by molar-refractivity contribution is -0.119. The van der Waals surface area contributed by atoms with Gasteiger partial charge in [-0.1, -0.05) is 18.2 Å². The summed E-state index contributed by atoms with van der Waals surface area (Å²) in [5.41, 5.74) is 0.0740. The molecule has 2 heterocycles. The zero-order valence-corrected chi connectivity index (χ0v) is 10.9. The Bertz CT molecular complexity index is 562. The standard InChI is InChI=1S/C12H13N3O2S/c1-7(16)15-9-6-4-3-5-8(9)12(17)10(15)14(2)11(18)13-12/h3-6,10,17H,1-2H3,(H,13,18). The van der Waals surface area contributed by atoms with E-state index in [4.69, 9.17) is 12.2 Å². The smallest absolute Gasteiger partial charge is 0.225 e. The van der Waals surface area contributed by atoms with Gasteiger partial charge in [-0.05, 0) is 18.3 Å². The predicted molar refractivity (Wildman–Crippen MR) is 70.8 cm³/mol. The van der Waals surface area contributed by atoms with Crippen molar-refractivity contribution in [2.45, 2.75) is 18.8 Å². The van der Waals surface area contributed by atoms with Crippen LogP contribution in [0.25, 0.3) is 0 Å². The first-order valence-corrected chi connectivity index (χ1v) is 6.04. The van der Waals surface area contributed by atoms with Gasteiger partial charge in [0.2, 0.25) is 11.6 Å². The maximum absolute atomic E-state index is 11.9. The molecule has 2 unspecified atom stereocenters. The van der Waals surface area contributed by atoms with Gasteiger partial charge in [-0.2, -0.15) is 0 Å². The number of carbonyl (C=O) groups excluding carboxylic acids is 1. The number of rotatable bonds is 0. The van der Waals surface area contributed by atoms with Crippen molar-refractivity contribution in [1.82, 2.24) is 10.2 Å². The van der Waals surface area contributed by atoms with Crippen molar-refractivity contribution < 1.29 is 9.90 Å². The third kappa shape index (κ3) is 1.19. The topological polar surface area (TPSA) is 55.8 Å². The third-order valence-corrected chi connectivity index (χ3v) is 3.91. The maximum atomic E-state index is 11.9. The van der Waals surface area contributed by atoms with Crippen LogP contribution in [0.2, 0.25) is 0 Å². The Morgan fingerprint density at radius 2 is 2.17 bits per heavy atom. The van der Waals surface area contributed by atoms with E-state index in [0.717, 1.165) is 5.69 Å². The number of hydrogen-bond donors (Lipinski definition) is 2. The van der Waals surface area contributed by atoms with Crippen LogP contribution in [0, 0.1) is 0 Å². The van der Waals surface area contributed by atoms with Crippen molar-refractivity contribution in [1.29, 1.82) is 0 Å². The van der Waals surface area contributed by atoms with Gasteiger partial charge in [0.15, 0.2) is 11.3 Å². The Labute approximate surface area is 110 Å². The molecule has 0 aliphatic carbocycles. The molecule has 94 valence electrons. The molecule has 2 N–H and O–H groups in total. The molecular formula is C12H13N3O2S.